The van der Waals surface area contributed by atoms with Crippen LogP contribution in [0.3, 0.4) is 0 Å². The van der Waals surface area contributed by atoms with Crippen molar-refractivity contribution in [2.45, 2.75) is 46.5 Å². The van der Waals surface area contributed by atoms with E-state index in [0.717, 1.165) is 49.0 Å². The molecule has 1 fully saturated rings. The molecule has 29 heavy (non-hydrogen) atoms. The normalized spacial score (nSPS) is 14.4. The lowest BCUT2D eigenvalue weighted by Gasteiger charge is -2.35. The van der Waals surface area contributed by atoms with Crippen LogP contribution in [0.2, 0.25) is 0 Å². The predicted molar refractivity (Wildman–Crippen MR) is 116 cm³/mol. The Hall–Kier alpha value is -2.63. The van der Waals surface area contributed by atoms with E-state index in [1.165, 1.54) is 0 Å². The summed E-state index contributed by atoms with van der Waals surface area (Å²) in [6.45, 7) is 12.0. The Morgan fingerprint density at radius 3 is 2.41 bits per heavy atom. The van der Waals surface area contributed by atoms with Gasteiger partial charge in [0.2, 0.25) is 0 Å². The lowest BCUT2D eigenvalue weighted by atomic mass is 10.1. The Kier molecular flexibility index (Phi) is 7.07. The number of piperazine rings is 1. The second-order valence-corrected chi connectivity index (χ2v) is 7.89. The molecule has 6 nitrogen and oxygen atoms in total. The number of hydrogen-bond acceptors (Lipinski definition) is 5. The van der Waals surface area contributed by atoms with Crippen LogP contribution in [0.5, 0.6) is 5.75 Å². The molecule has 0 spiro atoms. The van der Waals surface area contributed by atoms with Crippen molar-refractivity contribution < 1.29 is 9.53 Å². The number of anilines is 1. The van der Waals surface area contributed by atoms with E-state index in [4.69, 9.17) is 9.72 Å². The Morgan fingerprint density at radius 2 is 1.79 bits per heavy atom. The van der Waals surface area contributed by atoms with Gasteiger partial charge in [-0.2, -0.15) is 0 Å². The molecule has 0 radical (unpaired) electrons. The Labute approximate surface area is 173 Å². The summed E-state index contributed by atoms with van der Waals surface area (Å²) < 4.78 is 5.68. The van der Waals surface area contributed by atoms with Gasteiger partial charge in [-0.25, -0.2) is 9.97 Å². The van der Waals surface area contributed by atoms with Gasteiger partial charge in [0.25, 0.3) is 5.91 Å². The number of carbonyl (C=O) groups excluding carboxylic acids is 1. The maximum absolute atomic E-state index is 12.9. The highest BCUT2D eigenvalue weighted by Crippen LogP contribution is 2.20. The number of aromatic nitrogens is 2. The van der Waals surface area contributed by atoms with Crippen molar-refractivity contribution in [2.24, 2.45) is 0 Å². The number of hydrogen-bond donors (Lipinski definition) is 0. The maximum Gasteiger partial charge on any atom is 0.253 e. The highest BCUT2D eigenvalue weighted by atomic mass is 16.5. The molecule has 3 rings (SSSR count). The Bertz CT molecular complexity index is 812. The van der Waals surface area contributed by atoms with Crippen molar-refractivity contribution in [3.8, 4) is 5.75 Å². The summed E-state index contributed by atoms with van der Waals surface area (Å²) in [6.07, 6.45) is 2.14. The van der Waals surface area contributed by atoms with Gasteiger partial charge in [0.1, 0.15) is 17.4 Å². The zero-order chi connectivity index (χ0) is 20.8. The average molecular weight is 397 g/mol. The molecule has 0 N–H and O–H groups in total. The molecule has 2 heterocycles. The minimum absolute atomic E-state index is 0.0755. The maximum atomic E-state index is 12.9. The zero-order valence-electron chi connectivity index (χ0n) is 18.0. The molecule has 6 heteroatoms. The van der Waals surface area contributed by atoms with Crippen molar-refractivity contribution in [1.29, 1.82) is 0 Å². The quantitative estimate of drug-likeness (QED) is 0.661. The average Bonchev–Trinajstić information content (AvgIpc) is 2.73. The summed E-state index contributed by atoms with van der Waals surface area (Å²) in [5.41, 5.74) is 1.69. The first-order valence-electron chi connectivity index (χ1n) is 10.6. The van der Waals surface area contributed by atoms with Crippen LogP contribution in [0.25, 0.3) is 0 Å². The molecule has 1 aromatic heterocycles. The predicted octanol–water partition coefficient (Wildman–Crippen LogP) is 4.05. The van der Waals surface area contributed by atoms with Crippen molar-refractivity contribution in [3.63, 3.8) is 0 Å². The van der Waals surface area contributed by atoms with Gasteiger partial charge in [-0.1, -0.05) is 27.2 Å². The minimum Gasteiger partial charge on any atom is -0.494 e. The third-order valence-corrected chi connectivity index (χ3v) is 5.13. The standard InChI is InChI=1S/C23H32N4O2/c1-5-6-15-29-20-9-7-19(8-10-20)23(28)27-13-11-26(12-14-27)21-16-18(4)24-22(25-21)17(2)3/h7-10,16-17H,5-6,11-15H2,1-4H3. The summed E-state index contributed by atoms with van der Waals surface area (Å²) in [6, 6.07) is 9.52. The van der Waals surface area contributed by atoms with E-state index in [9.17, 15) is 4.79 Å². The van der Waals surface area contributed by atoms with Gasteiger partial charge in [-0.15, -0.1) is 0 Å². The van der Waals surface area contributed by atoms with E-state index in [1.54, 1.807) is 0 Å². The molecule has 0 bridgehead atoms. The third-order valence-electron chi connectivity index (χ3n) is 5.13. The van der Waals surface area contributed by atoms with Gasteiger partial charge in [0.15, 0.2) is 0 Å². The molecule has 0 saturated carbocycles. The van der Waals surface area contributed by atoms with Gasteiger partial charge >= 0.3 is 0 Å². The van der Waals surface area contributed by atoms with Crippen LogP contribution in [-0.4, -0.2) is 53.6 Å². The number of nitrogens with zero attached hydrogens (tertiary/aromatic N) is 4. The fraction of sp³-hybridized carbons (Fsp3) is 0.522. The number of aryl methyl sites for hydroxylation is 1. The molecule has 156 valence electrons. The minimum atomic E-state index is 0.0755. The van der Waals surface area contributed by atoms with E-state index in [2.05, 4.69) is 30.7 Å². The summed E-state index contributed by atoms with van der Waals surface area (Å²) in [4.78, 5) is 26.3. The van der Waals surface area contributed by atoms with E-state index in [0.29, 0.717) is 31.2 Å². The smallest absolute Gasteiger partial charge is 0.253 e. The lowest BCUT2D eigenvalue weighted by molar-refractivity contribution is 0.0746. The van der Waals surface area contributed by atoms with E-state index in [-0.39, 0.29) is 5.91 Å². The SMILES string of the molecule is CCCCOc1ccc(C(=O)N2CCN(c3cc(C)nc(C(C)C)n3)CC2)cc1. The zero-order valence-corrected chi connectivity index (χ0v) is 18.0. The van der Waals surface area contributed by atoms with E-state index < -0.39 is 0 Å². The molecule has 0 aliphatic carbocycles. The molecule has 1 aromatic carbocycles. The first-order valence-corrected chi connectivity index (χ1v) is 10.6. The fourth-order valence-corrected chi connectivity index (χ4v) is 3.34. The van der Waals surface area contributed by atoms with Crippen molar-refractivity contribution in [1.82, 2.24) is 14.9 Å². The molecular formula is C23H32N4O2. The van der Waals surface area contributed by atoms with Crippen molar-refractivity contribution in [2.75, 3.05) is 37.7 Å². The van der Waals surface area contributed by atoms with Gasteiger partial charge in [-0.05, 0) is 37.6 Å². The second-order valence-electron chi connectivity index (χ2n) is 7.89. The number of unbranched alkanes of at least 4 members (excludes halogenated alkanes) is 1. The van der Waals surface area contributed by atoms with Crippen LogP contribution in [0.15, 0.2) is 30.3 Å². The molecule has 1 amide bonds. The summed E-state index contributed by atoms with van der Waals surface area (Å²) in [5, 5.41) is 0. The van der Waals surface area contributed by atoms with Gasteiger partial charge in [-0.3, -0.25) is 4.79 Å². The van der Waals surface area contributed by atoms with Crippen LogP contribution in [0.1, 0.15) is 61.4 Å². The number of benzene rings is 1. The molecule has 1 aliphatic rings. The Morgan fingerprint density at radius 1 is 1.10 bits per heavy atom. The van der Waals surface area contributed by atoms with Gasteiger partial charge in [0.05, 0.1) is 6.61 Å². The van der Waals surface area contributed by atoms with Crippen molar-refractivity contribution in [3.05, 3.63) is 47.4 Å². The van der Waals surface area contributed by atoms with Crippen LogP contribution >= 0.6 is 0 Å². The molecule has 1 aliphatic heterocycles. The number of rotatable bonds is 7. The third kappa shape index (κ3) is 5.46. The molecular weight excluding hydrogens is 364 g/mol. The molecule has 0 unspecified atom stereocenters. The van der Waals surface area contributed by atoms with Crippen LogP contribution in [0.4, 0.5) is 5.82 Å². The van der Waals surface area contributed by atoms with Gasteiger partial charge < -0.3 is 14.5 Å². The number of amides is 1. The highest BCUT2D eigenvalue weighted by molar-refractivity contribution is 5.94. The van der Waals surface area contributed by atoms with E-state index in [1.807, 2.05) is 42.2 Å². The highest BCUT2D eigenvalue weighted by Gasteiger charge is 2.23. The molecule has 0 atom stereocenters. The van der Waals surface area contributed by atoms with Gasteiger partial charge in [0, 0.05) is 49.4 Å². The number of carbonyl (C=O) groups is 1. The second kappa shape index (κ2) is 9.72. The Balaban J connectivity index is 1.58. The molecule has 2 aromatic rings. The van der Waals surface area contributed by atoms with E-state index >= 15 is 0 Å². The molecule has 1 saturated heterocycles. The lowest BCUT2D eigenvalue weighted by Crippen LogP contribution is -2.49. The summed E-state index contributed by atoms with van der Waals surface area (Å²) in [5.74, 6) is 3.03. The topological polar surface area (TPSA) is 58.6 Å². The fourth-order valence-electron chi connectivity index (χ4n) is 3.34. The first kappa shape index (κ1) is 21.1. The van der Waals surface area contributed by atoms with Crippen molar-refractivity contribution >= 4 is 11.7 Å². The number of ether oxygens (including phenoxy) is 1. The first-order chi connectivity index (χ1) is 14.0. The monoisotopic (exact) mass is 396 g/mol. The van der Waals surface area contributed by atoms with Crippen LogP contribution in [-0.2, 0) is 0 Å². The van der Waals surface area contributed by atoms with Crippen LogP contribution < -0.4 is 9.64 Å². The summed E-state index contributed by atoms with van der Waals surface area (Å²) >= 11 is 0. The van der Waals surface area contributed by atoms with Crippen LogP contribution in [0, 0.1) is 6.92 Å². The summed E-state index contributed by atoms with van der Waals surface area (Å²) in [7, 11) is 0. The largest absolute Gasteiger partial charge is 0.494 e.